The summed E-state index contributed by atoms with van der Waals surface area (Å²) in [5.74, 6) is -0.0715. The molecular formula is C26H22N4O2. The summed E-state index contributed by atoms with van der Waals surface area (Å²) in [5, 5.41) is 8.03. The van der Waals surface area contributed by atoms with Gasteiger partial charge >= 0.3 is 0 Å². The minimum Gasteiger partial charge on any atom is -0.348 e. The van der Waals surface area contributed by atoms with Gasteiger partial charge in [-0.25, -0.2) is 0 Å². The van der Waals surface area contributed by atoms with Crippen molar-refractivity contribution in [2.45, 2.75) is 18.9 Å². The number of hydrogen-bond donors (Lipinski definition) is 2. The number of nitrogens with one attached hydrogen (secondary N) is 2. The van der Waals surface area contributed by atoms with E-state index in [-0.39, 0.29) is 23.7 Å². The molecule has 2 aromatic carbocycles. The zero-order valence-corrected chi connectivity index (χ0v) is 17.4. The second-order valence-electron chi connectivity index (χ2n) is 8.04. The van der Waals surface area contributed by atoms with Gasteiger partial charge in [0.2, 0.25) is 5.91 Å². The smallest absolute Gasteiger partial charge is 0.251 e. The van der Waals surface area contributed by atoms with Crippen molar-refractivity contribution in [1.82, 2.24) is 15.3 Å². The van der Waals surface area contributed by atoms with Crippen LogP contribution in [0.15, 0.2) is 85.5 Å². The maximum atomic E-state index is 12.8. The van der Waals surface area contributed by atoms with Gasteiger partial charge in [0.25, 0.3) is 5.91 Å². The van der Waals surface area contributed by atoms with E-state index in [4.69, 9.17) is 0 Å². The standard InChI is InChI=1S/C26H22N4O2/c31-25(29-15-17-6-9-27-10-7-17)20-3-1-2-19(12-20)23-14-24(23)26(32)30-22-5-4-21-16-28-11-8-18(21)13-22/h1-13,16,23-24H,14-15H2,(H,29,31)(H,30,32). The lowest BCUT2D eigenvalue weighted by atomic mass is 10.0. The highest BCUT2D eigenvalue weighted by molar-refractivity contribution is 5.98. The first-order chi connectivity index (χ1) is 15.7. The Morgan fingerprint density at radius 3 is 2.62 bits per heavy atom. The molecule has 6 nitrogen and oxygen atoms in total. The third-order valence-corrected chi connectivity index (χ3v) is 5.81. The summed E-state index contributed by atoms with van der Waals surface area (Å²) in [6.45, 7) is 0.446. The number of nitrogens with zero attached hydrogens (tertiary/aromatic N) is 2. The van der Waals surface area contributed by atoms with E-state index in [1.807, 2.05) is 54.6 Å². The fourth-order valence-corrected chi connectivity index (χ4v) is 3.94. The molecule has 2 atom stereocenters. The number of carbonyl (C=O) groups is 2. The molecule has 6 heteroatoms. The minimum atomic E-state index is -0.129. The zero-order valence-electron chi connectivity index (χ0n) is 17.4. The highest BCUT2D eigenvalue weighted by atomic mass is 16.2. The molecule has 0 saturated heterocycles. The first-order valence-corrected chi connectivity index (χ1v) is 10.6. The second kappa shape index (κ2) is 8.59. The van der Waals surface area contributed by atoms with Crippen LogP contribution in [0.2, 0.25) is 0 Å². The number of fused-ring (bicyclic) bond motifs is 1. The van der Waals surface area contributed by atoms with Gasteiger partial charge < -0.3 is 10.6 Å². The summed E-state index contributed by atoms with van der Waals surface area (Å²) in [5.41, 5.74) is 3.40. The Balaban J connectivity index is 1.21. The molecule has 158 valence electrons. The monoisotopic (exact) mass is 422 g/mol. The van der Waals surface area contributed by atoms with Gasteiger partial charge in [0, 0.05) is 53.9 Å². The SMILES string of the molecule is O=C(NCc1ccncc1)c1cccc(C2CC2C(=O)Nc2ccc3cnccc3c2)c1. The zero-order chi connectivity index (χ0) is 21.9. The molecule has 1 aliphatic rings. The molecule has 0 radical (unpaired) electrons. The van der Waals surface area contributed by atoms with Gasteiger partial charge in [-0.1, -0.05) is 18.2 Å². The van der Waals surface area contributed by atoms with E-state index in [0.717, 1.165) is 34.0 Å². The maximum absolute atomic E-state index is 12.8. The Kier molecular flexibility index (Phi) is 5.34. The first kappa shape index (κ1) is 19.9. The van der Waals surface area contributed by atoms with Gasteiger partial charge in [0.05, 0.1) is 0 Å². The van der Waals surface area contributed by atoms with Crippen molar-refractivity contribution in [1.29, 1.82) is 0 Å². The minimum absolute atomic E-state index is 0.0101. The Labute approximate surface area is 185 Å². The van der Waals surface area contributed by atoms with Gasteiger partial charge in [0.1, 0.15) is 0 Å². The van der Waals surface area contributed by atoms with Crippen LogP contribution in [0.4, 0.5) is 5.69 Å². The van der Waals surface area contributed by atoms with Gasteiger partial charge in [-0.05, 0) is 71.3 Å². The van der Waals surface area contributed by atoms with Crippen LogP contribution in [0.25, 0.3) is 10.8 Å². The molecule has 0 bridgehead atoms. The lowest BCUT2D eigenvalue weighted by Crippen LogP contribution is -2.22. The predicted molar refractivity (Wildman–Crippen MR) is 123 cm³/mol. The Hall–Kier alpha value is -4.06. The van der Waals surface area contributed by atoms with E-state index in [2.05, 4.69) is 20.6 Å². The Morgan fingerprint density at radius 2 is 1.75 bits per heavy atom. The average Bonchev–Trinajstić information content (AvgIpc) is 3.65. The third-order valence-electron chi connectivity index (χ3n) is 5.81. The van der Waals surface area contributed by atoms with Gasteiger partial charge in [-0.2, -0.15) is 0 Å². The molecule has 0 aliphatic heterocycles. The number of rotatable bonds is 6. The molecule has 32 heavy (non-hydrogen) atoms. The number of amides is 2. The first-order valence-electron chi connectivity index (χ1n) is 10.6. The molecule has 1 saturated carbocycles. The summed E-state index contributed by atoms with van der Waals surface area (Å²) < 4.78 is 0. The fraction of sp³-hybridized carbons (Fsp3) is 0.154. The number of carbonyl (C=O) groups excluding carboxylic acids is 2. The van der Waals surface area contributed by atoms with Crippen LogP contribution in [0.1, 0.15) is 33.8 Å². The summed E-state index contributed by atoms with van der Waals surface area (Å²) >= 11 is 0. The lowest BCUT2D eigenvalue weighted by molar-refractivity contribution is -0.117. The van der Waals surface area contributed by atoms with E-state index in [9.17, 15) is 9.59 Å². The molecule has 1 fully saturated rings. The molecule has 2 unspecified atom stereocenters. The van der Waals surface area contributed by atoms with E-state index in [1.54, 1.807) is 30.9 Å². The van der Waals surface area contributed by atoms with Crippen molar-refractivity contribution < 1.29 is 9.59 Å². The molecule has 2 amide bonds. The number of hydrogen-bond acceptors (Lipinski definition) is 4. The van der Waals surface area contributed by atoms with E-state index in [0.29, 0.717) is 12.1 Å². The normalized spacial score (nSPS) is 17.0. The molecule has 5 rings (SSSR count). The summed E-state index contributed by atoms with van der Waals surface area (Å²) in [4.78, 5) is 33.4. The highest BCUT2D eigenvalue weighted by Gasteiger charge is 2.44. The summed E-state index contributed by atoms with van der Waals surface area (Å²) in [6.07, 6.45) is 7.74. The highest BCUT2D eigenvalue weighted by Crippen LogP contribution is 2.48. The van der Waals surface area contributed by atoms with Crippen LogP contribution in [0.5, 0.6) is 0 Å². The molecule has 4 aromatic rings. The number of anilines is 1. The summed E-state index contributed by atoms with van der Waals surface area (Å²) in [6, 6.07) is 19.0. The fourth-order valence-electron chi connectivity index (χ4n) is 3.94. The van der Waals surface area contributed by atoms with Crippen molar-refractivity contribution in [2.75, 3.05) is 5.32 Å². The lowest BCUT2D eigenvalue weighted by Gasteiger charge is -2.08. The Bertz CT molecular complexity index is 1290. The molecule has 2 N–H and O–H groups in total. The second-order valence-corrected chi connectivity index (χ2v) is 8.04. The van der Waals surface area contributed by atoms with Crippen molar-refractivity contribution in [3.05, 3.63) is 102 Å². The van der Waals surface area contributed by atoms with Crippen LogP contribution in [-0.2, 0) is 11.3 Å². The Morgan fingerprint density at radius 1 is 0.906 bits per heavy atom. The van der Waals surface area contributed by atoms with Crippen molar-refractivity contribution in [3.63, 3.8) is 0 Å². The van der Waals surface area contributed by atoms with Gasteiger partial charge in [-0.15, -0.1) is 0 Å². The molecule has 1 aliphatic carbocycles. The number of pyridine rings is 2. The van der Waals surface area contributed by atoms with Crippen molar-refractivity contribution >= 4 is 28.3 Å². The van der Waals surface area contributed by atoms with Crippen LogP contribution < -0.4 is 10.6 Å². The molecule has 0 spiro atoms. The number of benzene rings is 2. The molecule has 2 heterocycles. The average molecular weight is 422 g/mol. The van der Waals surface area contributed by atoms with E-state index >= 15 is 0 Å². The van der Waals surface area contributed by atoms with Crippen LogP contribution in [0.3, 0.4) is 0 Å². The van der Waals surface area contributed by atoms with Crippen molar-refractivity contribution in [2.24, 2.45) is 5.92 Å². The van der Waals surface area contributed by atoms with Gasteiger partial charge in [-0.3, -0.25) is 19.6 Å². The maximum Gasteiger partial charge on any atom is 0.251 e. The molecular weight excluding hydrogens is 400 g/mol. The predicted octanol–water partition coefficient (Wildman–Crippen LogP) is 4.30. The van der Waals surface area contributed by atoms with E-state index < -0.39 is 0 Å². The quantitative estimate of drug-likeness (QED) is 0.485. The van der Waals surface area contributed by atoms with E-state index in [1.165, 1.54) is 0 Å². The molecule has 2 aromatic heterocycles. The topological polar surface area (TPSA) is 84.0 Å². The number of aromatic nitrogens is 2. The van der Waals surface area contributed by atoms with Crippen LogP contribution in [-0.4, -0.2) is 21.8 Å². The summed E-state index contributed by atoms with van der Waals surface area (Å²) in [7, 11) is 0. The van der Waals surface area contributed by atoms with Gasteiger partial charge in [0.15, 0.2) is 0 Å². The largest absolute Gasteiger partial charge is 0.348 e. The third kappa shape index (κ3) is 4.34. The van der Waals surface area contributed by atoms with Crippen LogP contribution in [0, 0.1) is 5.92 Å². The van der Waals surface area contributed by atoms with Crippen molar-refractivity contribution in [3.8, 4) is 0 Å². The van der Waals surface area contributed by atoms with Crippen LogP contribution >= 0.6 is 0 Å².